The normalized spacial score (nSPS) is 12.7. The Morgan fingerprint density at radius 3 is 2.39 bits per heavy atom. The number of fused-ring (bicyclic) bond motifs is 1. The fourth-order valence-electron chi connectivity index (χ4n) is 3.60. The zero-order valence-corrected chi connectivity index (χ0v) is 14.3. The molecule has 0 fully saturated rings. The molecule has 2 heteroatoms. The van der Waals surface area contributed by atoms with Crippen molar-refractivity contribution in [2.45, 2.75) is 39.7 Å². The standard InChI is InChI=1S/C21H26N2/c1-4-23-14-19(20-7-5-6-8-21(20)23)12-18(13-22)17-10-15(2)9-16(3)11-17/h5-11,14,18H,4,12-13,22H2,1-3H3. The smallest absolute Gasteiger partial charge is 0.0483 e. The van der Waals surface area contributed by atoms with Gasteiger partial charge in [0, 0.05) is 29.6 Å². The molecule has 0 aliphatic carbocycles. The maximum Gasteiger partial charge on any atom is 0.0483 e. The van der Waals surface area contributed by atoms with Gasteiger partial charge < -0.3 is 10.3 Å². The molecule has 2 N–H and O–H groups in total. The lowest BCUT2D eigenvalue weighted by molar-refractivity contribution is 0.691. The van der Waals surface area contributed by atoms with E-state index in [9.17, 15) is 0 Å². The summed E-state index contributed by atoms with van der Waals surface area (Å²) in [4.78, 5) is 0. The predicted octanol–water partition coefficient (Wildman–Crippen LogP) is 4.56. The largest absolute Gasteiger partial charge is 0.347 e. The molecule has 1 atom stereocenters. The Hall–Kier alpha value is -2.06. The van der Waals surface area contributed by atoms with E-state index in [1.165, 1.54) is 33.2 Å². The molecular weight excluding hydrogens is 280 g/mol. The molecule has 1 unspecified atom stereocenters. The van der Waals surface area contributed by atoms with Crippen LogP contribution in [0.25, 0.3) is 10.9 Å². The first kappa shape index (κ1) is 15.8. The molecular formula is C21H26N2. The second-order valence-electron chi connectivity index (χ2n) is 6.52. The molecule has 1 heterocycles. The zero-order chi connectivity index (χ0) is 16.4. The summed E-state index contributed by atoms with van der Waals surface area (Å²) < 4.78 is 2.33. The molecule has 0 aliphatic heterocycles. The van der Waals surface area contributed by atoms with E-state index < -0.39 is 0 Å². The molecule has 0 saturated carbocycles. The van der Waals surface area contributed by atoms with Crippen LogP contribution in [0.3, 0.4) is 0 Å². The summed E-state index contributed by atoms with van der Waals surface area (Å²) >= 11 is 0. The Bertz CT molecular complexity index is 794. The molecule has 2 nitrogen and oxygen atoms in total. The van der Waals surface area contributed by atoms with E-state index in [1.807, 2.05) is 0 Å². The fourth-order valence-corrected chi connectivity index (χ4v) is 3.60. The molecule has 0 aliphatic rings. The highest BCUT2D eigenvalue weighted by atomic mass is 14.9. The van der Waals surface area contributed by atoms with Crippen LogP contribution < -0.4 is 5.73 Å². The molecule has 0 amide bonds. The average molecular weight is 306 g/mol. The Balaban J connectivity index is 1.99. The second kappa shape index (κ2) is 6.59. The van der Waals surface area contributed by atoms with E-state index in [1.54, 1.807) is 0 Å². The summed E-state index contributed by atoms with van der Waals surface area (Å²) in [5.74, 6) is 0.365. The molecule has 3 rings (SSSR count). The topological polar surface area (TPSA) is 30.9 Å². The van der Waals surface area contributed by atoms with Crippen molar-refractivity contribution >= 4 is 10.9 Å². The highest BCUT2D eigenvalue weighted by Crippen LogP contribution is 2.28. The van der Waals surface area contributed by atoms with E-state index >= 15 is 0 Å². The second-order valence-corrected chi connectivity index (χ2v) is 6.52. The number of nitrogens with two attached hydrogens (primary N) is 1. The Kier molecular flexibility index (Phi) is 4.53. The van der Waals surface area contributed by atoms with Crippen LogP contribution in [-0.4, -0.2) is 11.1 Å². The van der Waals surface area contributed by atoms with Gasteiger partial charge in [-0.05, 0) is 50.9 Å². The number of hydrogen-bond donors (Lipinski definition) is 1. The lowest BCUT2D eigenvalue weighted by atomic mass is 9.90. The molecule has 0 radical (unpaired) electrons. The van der Waals surface area contributed by atoms with Gasteiger partial charge in [-0.15, -0.1) is 0 Å². The van der Waals surface area contributed by atoms with Crippen LogP contribution >= 0.6 is 0 Å². The number of aryl methyl sites for hydroxylation is 3. The van der Waals surface area contributed by atoms with Crippen LogP contribution in [-0.2, 0) is 13.0 Å². The lowest BCUT2D eigenvalue weighted by Crippen LogP contribution is -2.15. The first-order valence-corrected chi connectivity index (χ1v) is 8.47. The van der Waals surface area contributed by atoms with Crippen molar-refractivity contribution in [3.05, 3.63) is 70.9 Å². The predicted molar refractivity (Wildman–Crippen MR) is 99.0 cm³/mol. The molecule has 0 saturated heterocycles. The van der Waals surface area contributed by atoms with E-state index in [0.717, 1.165) is 13.0 Å². The zero-order valence-electron chi connectivity index (χ0n) is 14.3. The minimum atomic E-state index is 0.365. The number of nitrogens with zero attached hydrogens (tertiary/aromatic N) is 1. The number of aromatic nitrogens is 1. The maximum absolute atomic E-state index is 6.13. The fraction of sp³-hybridized carbons (Fsp3) is 0.333. The van der Waals surface area contributed by atoms with Gasteiger partial charge in [0.05, 0.1) is 0 Å². The molecule has 2 aromatic carbocycles. The van der Waals surface area contributed by atoms with Crippen molar-refractivity contribution in [3.8, 4) is 0 Å². The van der Waals surface area contributed by atoms with Crippen LogP contribution in [0, 0.1) is 13.8 Å². The Morgan fingerprint density at radius 1 is 1.04 bits per heavy atom. The third kappa shape index (κ3) is 3.18. The van der Waals surface area contributed by atoms with Crippen LogP contribution in [0.15, 0.2) is 48.7 Å². The quantitative estimate of drug-likeness (QED) is 0.736. The van der Waals surface area contributed by atoms with Crippen LogP contribution in [0.4, 0.5) is 0 Å². The van der Waals surface area contributed by atoms with Crippen molar-refractivity contribution in [3.63, 3.8) is 0 Å². The summed E-state index contributed by atoms with van der Waals surface area (Å²) in [7, 11) is 0. The Morgan fingerprint density at radius 2 is 1.74 bits per heavy atom. The minimum Gasteiger partial charge on any atom is -0.347 e. The molecule has 1 aromatic heterocycles. The van der Waals surface area contributed by atoms with Gasteiger partial charge in [0.1, 0.15) is 0 Å². The third-order valence-electron chi connectivity index (χ3n) is 4.68. The SMILES string of the molecule is CCn1cc(CC(CN)c2cc(C)cc(C)c2)c2ccccc21. The van der Waals surface area contributed by atoms with Crippen molar-refractivity contribution < 1.29 is 0 Å². The van der Waals surface area contributed by atoms with Gasteiger partial charge in [-0.25, -0.2) is 0 Å². The first-order valence-electron chi connectivity index (χ1n) is 8.47. The van der Waals surface area contributed by atoms with Crippen LogP contribution in [0.5, 0.6) is 0 Å². The van der Waals surface area contributed by atoms with Crippen molar-refractivity contribution in [2.75, 3.05) is 6.54 Å². The van der Waals surface area contributed by atoms with E-state index in [4.69, 9.17) is 5.73 Å². The van der Waals surface area contributed by atoms with Gasteiger partial charge in [0.25, 0.3) is 0 Å². The molecule has 120 valence electrons. The van der Waals surface area contributed by atoms with E-state index in [-0.39, 0.29) is 0 Å². The average Bonchev–Trinajstić information content (AvgIpc) is 2.89. The van der Waals surface area contributed by atoms with E-state index in [2.05, 4.69) is 74.0 Å². The van der Waals surface area contributed by atoms with Gasteiger partial charge in [-0.2, -0.15) is 0 Å². The first-order chi connectivity index (χ1) is 11.1. The monoisotopic (exact) mass is 306 g/mol. The summed E-state index contributed by atoms with van der Waals surface area (Å²) in [5.41, 5.74) is 12.8. The summed E-state index contributed by atoms with van der Waals surface area (Å²) in [6.45, 7) is 8.19. The van der Waals surface area contributed by atoms with Crippen LogP contribution in [0.2, 0.25) is 0 Å². The highest BCUT2D eigenvalue weighted by molar-refractivity contribution is 5.84. The van der Waals surface area contributed by atoms with Crippen molar-refractivity contribution in [1.82, 2.24) is 4.57 Å². The third-order valence-corrected chi connectivity index (χ3v) is 4.68. The van der Waals surface area contributed by atoms with Gasteiger partial charge >= 0.3 is 0 Å². The number of hydrogen-bond acceptors (Lipinski definition) is 1. The molecule has 0 bridgehead atoms. The molecule has 23 heavy (non-hydrogen) atoms. The number of benzene rings is 2. The summed E-state index contributed by atoms with van der Waals surface area (Å²) in [5, 5.41) is 1.36. The van der Waals surface area contributed by atoms with Gasteiger partial charge in [0.2, 0.25) is 0 Å². The number of para-hydroxylation sites is 1. The Labute approximate surface area is 138 Å². The maximum atomic E-state index is 6.13. The summed E-state index contributed by atoms with van der Waals surface area (Å²) in [6.07, 6.45) is 3.29. The molecule has 0 spiro atoms. The summed E-state index contributed by atoms with van der Waals surface area (Å²) in [6, 6.07) is 15.5. The minimum absolute atomic E-state index is 0.365. The van der Waals surface area contributed by atoms with Gasteiger partial charge in [0.15, 0.2) is 0 Å². The lowest BCUT2D eigenvalue weighted by Gasteiger charge is -2.16. The molecule has 3 aromatic rings. The van der Waals surface area contributed by atoms with Gasteiger partial charge in [-0.1, -0.05) is 47.5 Å². The van der Waals surface area contributed by atoms with Gasteiger partial charge in [-0.3, -0.25) is 0 Å². The van der Waals surface area contributed by atoms with Crippen molar-refractivity contribution in [1.29, 1.82) is 0 Å². The van der Waals surface area contributed by atoms with Crippen LogP contribution in [0.1, 0.15) is 35.1 Å². The van der Waals surface area contributed by atoms with E-state index in [0.29, 0.717) is 12.5 Å². The highest BCUT2D eigenvalue weighted by Gasteiger charge is 2.15. The van der Waals surface area contributed by atoms with Crippen molar-refractivity contribution in [2.24, 2.45) is 5.73 Å². The number of rotatable bonds is 5.